The number of carbonyl (C=O) groups excluding carboxylic acids is 1. The first-order valence-electron chi connectivity index (χ1n) is 5.79. The van der Waals surface area contributed by atoms with Crippen molar-refractivity contribution in [1.82, 2.24) is 4.98 Å². The van der Waals surface area contributed by atoms with Crippen molar-refractivity contribution < 1.29 is 9.53 Å². The van der Waals surface area contributed by atoms with Crippen LogP contribution in [0.3, 0.4) is 0 Å². The number of ether oxygens (including phenoxy) is 1. The molecule has 0 fully saturated rings. The number of nitrogens with zero attached hydrogens (tertiary/aromatic N) is 1. The third kappa shape index (κ3) is 2.11. The second-order valence-corrected chi connectivity index (χ2v) is 5.00. The van der Waals surface area contributed by atoms with Gasteiger partial charge in [0.05, 0.1) is 12.7 Å². The molecule has 3 aromatic rings. The minimum absolute atomic E-state index is 0.311. The first kappa shape index (κ1) is 11.9. The lowest BCUT2D eigenvalue weighted by molar-refractivity contribution is 0.0601. The summed E-state index contributed by atoms with van der Waals surface area (Å²) in [5.41, 5.74) is 2.79. The van der Waals surface area contributed by atoms with Crippen molar-refractivity contribution >= 4 is 27.4 Å². The molecular formula is C15H11NO2S. The zero-order valence-electron chi connectivity index (χ0n) is 10.3. The molecule has 0 amide bonds. The van der Waals surface area contributed by atoms with Crippen LogP contribution in [-0.2, 0) is 4.74 Å². The first-order chi connectivity index (χ1) is 9.29. The Hall–Kier alpha value is -2.20. The van der Waals surface area contributed by atoms with Crippen LogP contribution in [0.25, 0.3) is 21.2 Å². The van der Waals surface area contributed by atoms with Gasteiger partial charge in [-0.15, -0.1) is 11.3 Å². The normalized spacial score (nSPS) is 10.6. The fraction of sp³-hybridized carbons (Fsp3) is 0.0667. The SMILES string of the molecule is COC(=O)c1ccc2scc(-c3ccncc3)c2c1. The molecule has 4 heteroatoms. The third-order valence-electron chi connectivity index (χ3n) is 2.99. The van der Waals surface area contributed by atoms with Crippen molar-refractivity contribution in [2.45, 2.75) is 0 Å². The van der Waals surface area contributed by atoms with Gasteiger partial charge in [0.1, 0.15) is 0 Å². The topological polar surface area (TPSA) is 39.2 Å². The number of rotatable bonds is 2. The Balaban J connectivity index is 2.19. The van der Waals surface area contributed by atoms with Gasteiger partial charge in [-0.3, -0.25) is 4.98 Å². The Bertz CT molecular complexity index is 734. The molecule has 94 valence electrons. The van der Waals surface area contributed by atoms with Crippen LogP contribution in [-0.4, -0.2) is 18.1 Å². The summed E-state index contributed by atoms with van der Waals surface area (Å²) in [6.45, 7) is 0. The van der Waals surface area contributed by atoms with Crippen LogP contribution in [0.1, 0.15) is 10.4 Å². The fourth-order valence-corrected chi connectivity index (χ4v) is 2.98. The molecule has 0 spiro atoms. The highest BCUT2D eigenvalue weighted by atomic mass is 32.1. The maximum Gasteiger partial charge on any atom is 0.337 e. The Morgan fingerprint density at radius 2 is 2.00 bits per heavy atom. The van der Waals surface area contributed by atoms with Crippen LogP contribution in [0.15, 0.2) is 48.1 Å². The molecule has 0 unspecified atom stereocenters. The molecule has 0 aliphatic heterocycles. The van der Waals surface area contributed by atoms with Gasteiger partial charge in [-0.2, -0.15) is 0 Å². The number of methoxy groups -OCH3 is 1. The molecule has 3 nitrogen and oxygen atoms in total. The predicted molar refractivity (Wildman–Crippen MR) is 76.4 cm³/mol. The molecule has 2 heterocycles. The largest absolute Gasteiger partial charge is 0.465 e. The summed E-state index contributed by atoms with van der Waals surface area (Å²) >= 11 is 1.66. The molecule has 0 aliphatic rings. The minimum Gasteiger partial charge on any atom is -0.465 e. The average molecular weight is 269 g/mol. The number of carbonyl (C=O) groups is 1. The summed E-state index contributed by atoms with van der Waals surface area (Å²) in [5.74, 6) is -0.311. The molecule has 0 atom stereocenters. The summed E-state index contributed by atoms with van der Waals surface area (Å²) in [5, 5.41) is 3.17. The fourth-order valence-electron chi connectivity index (χ4n) is 2.03. The smallest absolute Gasteiger partial charge is 0.337 e. The number of hydrogen-bond donors (Lipinski definition) is 0. The highest BCUT2D eigenvalue weighted by Gasteiger charge is 2.10. The van der Waals surface area contributed by atoms with E-state index in [0.29, 0.717) is 5.56 Å². The quantitative estimate of drug-likeness (QED) is 0.665. The Morgan fingerprint density at radius 3 is 2.74 bits per heavy atom. The van der Waals surface area contributed by atoms with Crippen molar-refractivity contribution in [3.05, 3.63) is 53.7 Å². The third-order valence-corrected chi connectivity index (χ3v) is 3.95. The van der Waals surface area contributed by atoms with E-state index in [4.69, 9.17) is 4.74 Å². The van der Waals surface area contributed by atoms with Crippen molar-refractivity contribution in [1.29, 1.82) is 0 Å². The zero-order chi connectivity index (χ0) is 13.2. The van der Waals surface area contributed by atoms with E-state index in [0.717, 1.165) is 21.2 Å². The summed E-state index contributed by atoms with van der Waals surface area (Å²) in [4.78, 5) is 15.6. The van der Waals surface area contributed by atoms with Crippen molar-refractivity contribution in [2.75, 3.05) is 7.11 Å². The van der Waals surface area contributed by atoms with E-state index in [1.165, 1.54) is 7.11 Å². The molecule has 3 rings (SSSR count). The van der Waals surface area contributed by atoms with E-state index in [-0.39, 0.29) is 5.97 Å². The van der Waals surface area contributed by atoms with Gasteiger partial charge in [0, 0.05) is 28.0 Å². The molecule has 0 bridgehead atoms. The van der Waals surface area contributed by atoms with Crippen LogP contribution in [0.5, 0.6) is 0 Å². The molecule has 0 N–H and O–H groups in total. The maximum absolute atomic E-state index is 11.6. The number of esters is 1. The van der Waals surface area contributed by atoms with Crippen molar-refractivity contribution in [3.8, 4) is 11.1 Å². The van der Waals surface area contributed by atoms with Crippen LogP contribution < -0.4 is 0 Å². The van der Waals surface area contributed by atoms with Crippen LogP contribution >= 0.6 is 11.3 Å². The highest BCUT2D eigenvalue weighted by Crippen LogP contribution is 2.34. The van der Waals surface area contributed by atoms with Gasteiger partial charge in [-0.1, -0.05) is 0 Å². The van der Waals surface area contributed by atoms with Crippen LogP contribution in [0, 0.1) is 0 Å². The second kappa shape index (κ2) is 4.82. The number of hydrogen-bond acceptors (Lipinski definition) is 4. The van der Waals surface area contributed by atoms with Gasteiger partial charge in [0.15, 0.2) is 0 Å². The van der Waals surface area contributed by atoms with E-state index < -0.39 is 0 Å². The van der Waals surface area contributed by atoms with Gasteiger partial charge < -0.3 is 4.74 Å². The van der Waals surface area contributed by atoms with Gasteiger partial charge in [0.25, 0.3) is 0 Å². The number of benzene rings is 1. The average Bonchev–Trinajstić information content (AvgIpc) is 2.90. The summed E-state index contributed by atoms with van der Waals surface area (Å²) in [6, 6.07) is 9.56. The monoisotopic (exact) mass is 269 g/mol. The predicted octanol–water partition coefficient (Wildman–Crippen LogP) is 3.75. The standard InChI is InChI=1S/C15H11NO2S/c1-18-15(17)11-2-3-14-12(8-11)13(9-19-14)10-4-6-16-7-5-10/h2-9H,1H3. The summed E-state index contributed by atoms with van der Waals surface area (Å²) in [7, 11) is 1.39. The lowest BCUT2D eigenvalue weighted by Crippen LogP contribution is -2.00. The number of fused-ring (bicyclic) bond motifs is 1. The lowest BCUT2D eigenvalue weighted by atomic mass is 10.0. The van der Waals surface area contributed by atoms with Gasteiger partial charge >= 0.3 is 5.97 Å². The molecule has 2 aromatic heterocycles. The molecule has 0 radical (unpaired) electrons. The van der Waals surface area contributed by atoms with E-state index in [1.54, 1.807) is 29.8 Å². The summed E-state index contributed by atoms with van der Waals surface area (Å²) < 4.78 is 5.91. The second-order valence-electron chi connectivity index (χ2n) is 4.09. The Kier molecular flexibility index (Phi) is 3.01. The molecule has 0 aliphatic carbocycles. The van der Waals surface area contributed by atoms with E-state index in [1.807, 2.05) is 24.3 Å². The zero-order valence-corrected chi connectivity index (χ0v) is 11.1. The minimum atomic E-state index is -0.311. The number of thiophene rings is 1. The molecule has 19 heavy (non-hydrogen) atoms. The Morgan fingerprint density at radius 1 is 1.21 bits per heavy atom. The molecule has 1 aromatic carbocycles. The number of pyridine rings is 1. The summed E-state index contributed by atoms with van der Waals surface area (Å²) in [6.07, 6.45) is 3.53. The van der Waals surface area contributed by atoms with Crippen LogP contribution in [0.2, 0.25) is 0 Å². The van der Waals surface area contributed by atoms with Crippen molar-refractivity contribution in [2.24, 2.45) is 0 Å². The van der Waals surface area contributed by atoms with E-state index in [2.05, 4.69) is 10.4 Å². The van der Waals surface area contributed by atoms with E-state index >= 15 is 0 Å². The van der Waals surface area contributed by atoms with Gasteiger partial charge in [-0.25, -0.2) is 4.79 Å². The van der Waals surface area contributed by atoms with E-state index in [9.17, 15) is 4.79 Å². The molecule has 0 saturated heterocycles. The van der Waals surface area contributed by atoms with Crippen LogP contribution in [0.4, 0.5) is 0 Å². The highest BCUT2D eigenvalue weighted by molar-refractivity contribution is 7.17. The number of aromatic nitrogens is 1. The lowest BCUT2D eigenvalue weighted by Gasteiger charge is -2.02. The Labute approximate surface area is 114 Å². The molecular weight excluding hydrogens is 258 g/mol. The van der Waals surface area contributed by atoms with Crippen molar-refractivity contribution in [3.63, 3.8) is 0 Å². The maximum atomic E-state index is 11.6. The van der Waals surface area contributed by atoms with Gasteiger partial charge in [0.2, 0.25) is 0 Å². The first-order valence-corrected chi connectivity index (χ1v) is 6.67. The molecule has 0 saturated carbocycles. The van der Waals surface area contributed by atoms with Gasteiger partial charge in [-0.05, 0) is 41.3 Å².